The third kappa shape index (κ3) is 11.8. The molecule has 0 aromatic heterocycles. The Bertz CT molecular complexity index is 1840. The van der Waals surface area contributed by atoms with Crippen molar-refractivity contribution in [3.63, 3.8) is 0 Å². The Hall–Kier alpha value is -4.65. The summed E-state index contributed by atoms with van der Waals surface area (Å²) >= 11 is 0. The van der Waals surface area contributed by atoms with E-state index in [1.165, 1.54) is 63.4 Å². The highest BCUT2D eigenvalue weighted by Gasteiger charge is 2.55. The number of aliphatic hydroxyl groups is 5. The lowest BCUT2D eigenvalue weighted by Crippen LogP contribution is -2.66. The van der Waals surface area contributed by atoms with Crippen LogP contribution < -0.4 is 4.74 Å². The summed E-state index contributed by atoms with van der Waals surface area (Å²) in [7, 11) is 1.33. The van der Waals surface area contributed by atoms with Crippen molar-refractivity contribution in [2.24, 2.45) is 0 Å². The summed E-state index contributed by atoms with van der Waals surface area (Å²) in [4.78, 5) is 38.7. The highest BCUT2D eigenvalue weighted by Crippen LogP contribution is 2.35. The van der Waals surface area contributed by atoms with Gasteiger partial charge in [0.05, 0.1) is 32.5 Å². The molecule has 3 aliphatic heterocycles. The van der Waals surface area contributed by atoms with Gasteiger partial charge in [-0.1, -0.05) is 12.1 Å². The van der Waals surface area contributed by atoms with Crippen molar-refractivity contribution in [2.45, 2.75) is 126 Å². The van der Waals surface area contributed by atoms with Gasteiger partial charge in [-0.3, -0.25) is 9.59 Å². The Morgan fingerprint density at radius 1 is 0.656 bits per heavy atom. The van der Waals surface area contributed by atoms with Crippen molar-refractivity contribution < 1.29 is 103 Å². The summed E-state index contributed by atoms with van der Waals surface area (Å²) in [6, 6.07) is 8.32. The molecule has 2 aromatic carbocycles. The average molecular weight is 869 g/mol. The molecule has 0 aliphatic carbocycles. The number of aliphatic hydroxyl groups excluding tert-OH is 5. The number of phenolic OH excluding ortho intramolecular Hbond substituents is 3. The minimum absolute atomic E-state index is 0.0977. The zero-order valence-corrected chi connectivity index (χ0v) is 33.8. The third-order valence-electron chi connectivity index (χ3n) is 10.1. The number of hydrogen-bond acceptors (Lipinski definition) is 21. The summed E-state index contributed by atoms with van der Waals surface area (Å²) in [5.41, 5.74) is 0.902. The zero-order valence-electron chi connectivity index (χ0n) is 33.8. The Morgan fingerprint density at radius 3 is 1.95 bits per heavy atom. The quantitative estimate of drug-likeness (QED) is 0.0474. The molecule has 338 valence electrons. The van der Waals surface area contributed by atoms with E-state index in [4.69, 9.17) is 47.4 Å². The summed E-state index contributed by atoms with van der Waals surface area (Å²) in [6.07, 6.45) is -21.1. The number of ether oxygens (including phenoxy) is 10. The summed E-state index contributed by atoms with van der Waals surface area (Å²) in [5.74, 6) is -3.65. The molecular weight excluding hydrogens is 816 g/mol. The van der Waals surface area contributed by atoms with E-state index in [-0.39, 0.29) is 30.3 Å². The number of benzene rings is 2. The fourth-order valence-corrected chi connectivity index (χ4v) is 6.84. The lowest BCUT2D eigenvalue weighted by Gasteiger charge is -2.48. The molecule has 21 heteroatoms. The normalized spacial score (nSPS) is 34.1. The second-order valence-corrected chi connectivity index (χ2v) is 14.6. The first kappa shape index (κ1) is 47.4. The molecule has 15 unspecified atom stereocenters. The van der Waals surface area contributed by atoms with Gasteiger partial charge in [-0.15, -0.1) is 0 Å². The molecule has 15 atom stereocenters. The number of phenols is 3. The third-order valence-corrected chi connectivity index (χ3v) is 10.1. The molecule has 0 radical (unpaired) electrons. The van der Waals surface area contributed by atoms with Crippen molar-refractivity contribution in [3.8, 4) is 23.0 Å². The second kappa shape index (κ2) is 20.9. The fraction of sp³-hybridized carbons (Fsp3) is 0.575. The lowest BCUT2D eigenvalue weighted by molar-refractivity contribution is -0.364. The zero-order chi connectivity index (χ0) is 44.7. The number of aromatic hydroxyl groups is 3. The minimum atomic E-state index is -1.77. The number of carbonyl (C=O) groups excluding carboxylic acids is 3. The van der Waals surface area contributed by atoms with Crippen molar-refractivity contribution in [1.29, 1.82) is 0 Å². The molecule has 2 aromatic rings. The average Bonchev–Trinajstić information content (AvgIpc) is 3.21. The molecule has 3 aliphatic rings. The molecular formula is C40H52O21. The monoisotopic (exact) mass is 868 g/mol. The second-order valence-electron chi connectivity index (χ2n) is 14.6. The molecule has 0 saturated carbocycles. The maximum atomic E-state index is 13.7. The van der Waals surface area contributed by atoms with Crippen LogP contribution >= 0.6 is 0 Å². The molecule has 61 heavy (non-hydrogen) atoms. The number of rotatable bonds is 15. The van der Waals surface area contributed by atoms with Crippen molar-refractivity contribution in [1.82, 2.24) is 0 Å². The van der Waals surface area contributed by atoms with Gasteiger partial charge in [-0.2, -0.15) is 0 Å². The smallest absolute Gasteiger partial charge is 0.331 e. The van der Waals surface area contributed by atoms with E-state index >= 15 is 0 Å². The van der Waals surface area contributed by atoms with E-state index in [1.807, 2.05) is 0 Å². The predicted molar refractivity (Wildman–Crippen MR) is 202 cm³/mol. The van der Waals surface area contributed by atoms with Gasteiger partial charge in [0, 0.05) is 19.9 Å². The predicted octanol–water partition coefficient (Wildman–Crippen LogP) is -0.719. The molecule has 0 amide bonds. The molecule has 21 nitrogen and oxygen atoms in total. The van der Waals surface area contributed by atoms with Crippen LogP contribution in [0.15, 0.2) is 42.5 Å². The summed E-state index contributed by atoms with van der Waals surface area (Å²) in [5, 5.41) is 82.9. The summed E-state index contributed by atoms with van der Waals surface area (Å²) < 4.78 is 58.1. The van der Waals surface area contributed by atoms with Gasteiger partial charge in [-0.05, 0) is 61.7 Å². The van der Waals surface area contributed by atoms with Crippen molar-refractivity contribution in [3.05, 3.63) is 53.6 Å². The van der Waals surface area contributed by atoms with Gasteiger partial charge >= 0.3 is 17.9 Å². The van der Waals surface area contributed by atoms with Crippen molar-refractivity contribution in [2.75, 3.05) is 20.3 Å². The van der Waals surface area contributed by atoms with Crippen LogP contribution in [0.2, 0.25) is 0 Å². The van der Waals surface area contributed by atoms with E-state index in [0.29, 0.717) is 11.1 Å². The summed E-state index contributed by atoms with van der Waals surface area (Å²) in [6.45, 7) is 4.09. The van der Waals surface area contributed by atoms with Crippen LogP contribution in [0.5, 0.6) is 23.0 Å². The van der Waals surface area contributed by atoms with E-state index in [0.717, 1.165) is 19.9 Å². The lowest BCUT2D eigenvalue weighted by atomic mass is 9.96. The minimum Gasteiger partial charge on any atom is -0.504 e. The van der Waals surface area contributed by atoms with Gasteiger partial charge in [0.2, 0.25) is 0 Å². The van der Waals surface area contributed by atoms with Crippen LogP contribution in [0, 0.1) is 0 Å². The molecule has 5 rings (SSSR count). The standard InChI is InChI=1S/C40H52O21/c1-17-29(47)31(49)33(51)38(55-17)54-16-27-34(60-28(46)11-8-21-7-10-24(44)26(15-21)52-5)36(61-40-35(57-19(3)41)32(50)30(48)18(2)56-40)37(58-20(4)42)39(59-27)53-13-12-22-6-9-23(43)25(45)14-22/h6-11,14-15,17-18,27,29-40,43-45,47-51H,12-13,16H2,1-5H3. The Kier molecular flexibility index (Phi) is 16.3. The van der Waals surface area contributed by atoms with Crippen LogP contribution in [-0.4, -0.2) is 171 Å². The van der Waals surface area contributed by atoms with Crippen LogP contribution in [0.25, 0.3) is 6.08 Å². The topological polar surface area (TPSA) is 305 Å². The first-order valence-electron chi connectivity index (χ1n) is 19.2. The number of methoxy groups -OCH3 is 1. The van der Waals surface area contributed by atoms with Crippen molar-refractivity contribution >= 4 is 24.0 Å². The number of hydrogen-bond donors (Lipinski definition) is 8. The largest absolute Gasteiger partial charge is 0.504 e. The van der Waals surface area contributed by atoms with E-state index < -0.39 is 122 Å². The fourth-order valence-electron chi connectivity index (χ4n) is 6.84. The Labute approximate surface area is 349 Å². The number of carbonyl (C=O) groups is 3. The Morgan fingerprint density at radius 2 is 1.30 bits per heavy atom. The first-order chi connectivity index (χ1) is 28.9. The number of esters is 3. The highest BCUT2D eigenvalue weighted by molar-refractivity contribution is 5.87. The Balaban J connectivity index is 1.54. The SMILES string of the molecule is COc1cc(C=CC(=O)OC2C(COC3OC(C)C(O)C(O)C3O)OC(OCCc3ccc(O)c(O)c3)C(OC(C)=O)C2OC2OC(C)C(O)C(O)C2OC(C)=O)ccc1O. The highest BCUT2D eigenvalue weighted by atomic mass is 16.8. The molecule has 8 N–H and O–H groups in total. The molecule has 0 spiro atoms. The maximum absolute atomic E-state index is 13.7. The van der Waals surface area contributed by atoms with Gasteiger partial charge in [0.1, 0.15) is 42.7 Å². The van der Waals surface area contributed by atoms with Gasteiger partial charge in [-0.25, -0.2) is 4.79 Å². The molecule has 3 fully saturated rings. The van der Waals surface area contributed by atoms with Gasteiger partial charge in [0.15, 0.2) is 60.2 Å². The van der Waals surface area contributed by atoms with E-state index in [1.54, 1.807) is 0 Å². The van der Waals surface area contributed by atoms with E-state index in [9.17, 15) is 55.2 Å². The molecule has 3 heterocycles. The van der Waals surface area contributed by atoms with Crippen LogP contribution in [-0.2, 0) is 63.4 Å². The van der Waals surface area contributed by atoms with E-state index in [2.05, 4.69) is 0 Å². The van der Waals surface area contributed by atoms with Crippen LogP contribution in [0.3, 0.4) is 0 Å². The van der Waals surface area contributed by atoms with Gasteiger partial charge in [0.25, 0.3) is 0 Å². The molecule has 0 bridgehead atoms. The van der Waals surface area contributed by atoms with Gasteiger partial charge < -0.3 is 88.2 Å². The molecule has 3 saturated heterocycles. The van der Waals surface area contributed by atoms with Crippen LogP contribution in [0.1, 0.15) is 38.8 Å². The maximum Gasteiger partial charge on any atom is 0.331 e. The first-order valence-corrected chi connectivity index (χ1v) is 19.2. The van der Waals surface area contributed by atoms with Crippen LogP contribution in [0.4, 0.5) is 0 Å².